The second kappa shape index (κ2) is 5.25. The molecule has 0 spiro atoms. The van der Waals surface area contributed by atoms with E-state index in [0.29, 0.717) is 11.2 Å². The molecule has 2 rings (SSSR count). The van der Waals surface area contributed by atoms with Crippen LogP contribution in [0.1, 0.15) is 31.2 Å². The second-order valence-corrected chi connectivity index (χ2v) is 4.68. The number of nitrogens with one attached hydrogen (secondary N) is 2. The summed E-state index contributed by atoms with van der Waals surface area (Å²) < 4.78 is 0. The van der Waals surface area contributed by atoms with Crippen LogP contribution in [0.25, 0.3) is 0 Å². The van der Waals surface area contributed by atoms with Crippen LogP contribution in [0.15, 0.2) is 18.5 Å². The Morgan fingerprint density at radius 1 is 1.44 bits per heavy atom. The van der Waals surface area contributed by atoms with Gasteiger partial charge in [0.25, 0.3) is 0 Å². The molecule has 1 fully saturated rings. The van der Waals surface area contributed by atoms with Gasteiger partial charge in [-0.3, -0.25) is 4.98 Å². The summed E-state index contributed by atoms with van der Waals surface area (Å²) >= 11 is 5.28. The lowest BCUT2D eigenvalue weighted by Gasteiger charge is -2.16. The fourth-order valence-electron chi connectivity index (χ4n) is 2.01. The van der Waals surface area contributed by atoms with E-state index in [1.807, 2.05) is 13.0 Å². The van der Waals surface area contributed by atoms with E-state index < -0.39 is 0 Å². The summed E-state index contributed by atoms with van der Waals surface area (Å²) in [5.74, 6) is 0. The highest BCUT2D eigenvalue weighted by Crippen LogP contribution is 2.18. The van der Waals surface area contributed by atoms with Crippen LogP contribution in [0.3, 0.4) is 0 Å². The van der Waals surface area contributed by atoms with Crippen LogP contribution in [0, 0.1) is 6.92 Å². The van der Waals surface area contributed by atoms with Crippen LogP contribution < -0.4 is 10.6 Å². The molecule has 1 aromatic heterocycles. The zero-order valence-corrected chi connectivity index (χ0v) is 10.3. The van der Waals surface area contributed by atoms with Crippen molar-refractivity contribution in [3.8, 4) is 0 Å². The van der Waals surface area contributed by atoms with Crippen molar-refractivity contribution in [3.63, 3.8) is 0 Å². The Kier molecular flexibility index (Phi) is 3.72. The number of anilines is 1. The van der Waals surface area contributed by atoms with Gasteiger partial charge in [0.2, 0.25) is 0 Å². The van der Waals surface area contributed by atoms with Crippen molar-refractivity contribution in [1.29, 1.82) is 0 Å². The van der Waals surface area contributed by atoms with Crippen molar-refractivity contribution in [2.45, 2.75) is 38.6 Å². The van der Waals surface area contributed by atoms with Gasteiger partial charge in [0.1, 0.15) is 0 Å². The monoisotopic (exact) mass is 235 g/mol. The summed E-state index contributed by atoms with van der Waals surface area (Å²) in [5.41, 5.74) is 2.14. The fourth-order valence-corrected chi connectivity index (χ4v) is 2.29. The van der Waals surface area contributed by atoms with Crippen LogP contribution in [0.4, 0.5) is 5.69 Å². The predicted octanol–water partition coefficient (Wildman–Crippen LogP) is 2.62. The minimum absolute atomic E-state index is 0.553. The largest absolute Gasteiger partial charge is 0.360 e. The summed E-state index contributed by atoms with van der Waals surface area (Å²) in [6.45, 7) is 2.04. The molecule has 0 atom stereocenters. The maximum atomic E-state index is 5.28. The number of hydrogen-bond acceptors (Lipinski definition) is 2. The number of rotatable bonds is 2. The summed E-state index contributed by atoms with van der Waals surface area (Å²) in [4.78, 5) is 4.08. The molecule has 1 heterocycles. The van der Waals surface area contributed by atoms with E-state index in [1.165, 1.54) is 25.7 Å². The SMILES string of the molecule is Cc1ccncc1NC(=S)NC1CCCC1. The summed E-state index contributed by atoms with van der Waals surface area (Å²) in [6, 6.07) is 2.53. The molecule has 4 heteroatoms. The maximum Gasteiger partial charge on any atom is 0.171 e. The Labute approximate surface area is 102 Å². The summed E-state index contributed by atoms with van der Waals surface area (Å²) in [6.07, 6.45) is 8.67. The molecule has 0 unspecified atom stereocenters. The zero-order chi connectivity index (χ0) is 11.4. The predicted molar refractivity (Wildman–Crippen MR) is 70.6 cm³/mol. The van der Waals surface area contributed by atoms with Crippen LogP contribution in [-0.4, -0.2) is 16.1 Å². The maximum absolute atomic E-state index is 5.28. The van der Waals surface area contributed by atoms with Gasteiger partial charge in [-0.1, -0.05) is 12.8 Å². The number of aryl methyl sites for hydroxylation is 1. The van der Waals surface area contributed by atoms with E-state index in [2.05, 4.69) is 15.6 Å². The molecule has 0 aliphatic heterocycles. The van der Waals surface area contributed by atoms with E-state index in [4.69, 9.17) is 12.2 Å². The number of aromatic nitrogens is 1. The van der Waals surface area contributed by atoms with Crippen LogP contribution >= 0.6 is 12.2 Å². The third-order valence-corrected chi connectivity index (χ3v) is 3.20. The minimum Gasteiger partial charge on any atom is -0.360 e. The van der Waals surface area contributed by atoms with Gasteiger partial charge in [-0.15, -0.1) is 0 Å². The quantitative estimate of drug-likeness (QED) is 0.773. The third-order valence-electron chi connectivity index (χ3n) is 2.98. The second-order valence-electron chi connectivity index (χ2n) is 4.27. The Morgan fingerprint density at radius 2 is 2.19 bits per heavy atom. The lowest BCUT2D eigenvalue weighted by atomic mass is 10.2. The molecule has 0 aromatic carbocycles. The first-order chi connectivity index (χ1) is 7.75. The molecule has 0 saturated heterocycles. The molecular weight excluding hydrogens is 218 g/mol. The molecule has 1 aliphatic carbocycles. The van der Waals surface area contributed by atoms with Gasteiger partial charge in [0.15, 0.2) is 5.11 Å². The Hall–Kier alpha value is -1.16. The Bertz CT molecular complexity index is 372. The molecule has 1 aliphatic rings. The lowest BCUT2D eigenvalue weighted by molar-refractivity contribution is 0.634. The van der Waals surface area contributed by atoms with Crippen molar-refractivity contribution in [1.82, 2.24) is 10.3 Å². The molecule has 0 bridgehead atoms. The highest BCUT2D eigenvalue weighted by molar-refractivity contribution is 7.80. The van der Waals surface area contributed by atoms with Gasteiger partial charge in [-0.05, 0) is 43.6 Å². The molecule has 1 saturated carbocycles. The topological polar surface area (TPSA) is 37.0 Å². The number of pyridine rings is 1. The molecule has 0 amide bonds. The van der Waals surface area contributed by atoms with E-state index in [9.17, 15) is 0 Å². The summed E-state index contributed by atoms with van der Waals surface area (Å²) in [5, 5.41) is 7.25. The smallest absolute Gasteiger partial charge is 0.171 e. The normalized spacial score (nSPS) is 16.1. The zero-order valence-electron chi connectivity index (χ0n) is 9.49. The molecule has 3 nitrogen and oxygen atoms in total. The fraction of sp³-hybridized carbons (Fsp3) is 0.500. The van der Waals surface area contributed by atoms with Crippen molar-refractivity contribution in [2.24, 2.45) is 0 Å². The van der Waals surface area contributed by atoms with Gasteiger partial charge in [-0.2, -0.15) is 0 Å². The Morgan fingerprint density at radius 3 is 2.88 bits per heavy atom. The standard InChI is InChI=1S/C12H17N3S/c1-9-6-7-13-8-11(9)15-12(16)14-10-4-2-3-5-10/h6-8,10H,2-5H2,1H3,(H2,14,15,16). The van der Waals surface area contributed by atoms with E-state index >= 15 is 0 Å². The lowest BCUT2D eigenvalue weighted by Crippen LogP contribution is -2.36. The average molecular weight is 235 g/mol. The van der Waals surface area contributed by atoms with Gasteiger partial charge >= 0.3 is 0 Å². The number of thiocarbonyl (C=S) groups is 1. The minimum atomic E-state index is 0.553. The average Bonchev–Trinajstić information content (AvgIpc) is 2.74. The molecule has 2 N–H and O–H groups in total. The third kappa shape index (κ3) is 2.92. The van der Waals surface area contributed by atoms with Gasteiger partial charge < -0.3 is 10.6 Å². The van der Waals surface area contributed by atoms with Crippen LogP contribution in [0.5, 0.6) is 0 Å². The van der Waals surface area contributed by atoms with Gasteiger partial charge in [0, 0.05) is 12.2 Å². The number of nitrogens with zero attached hydrogens (tertiary/aromatic N) is 1. The molecule has 0 radical (unpaired) electrons. The first-order valence-corrected chi connectivity index (χ1v) is 6.14. The number of hydrogen-bond donors (Lipinski definition) is 2. The van der Waals surface area contributed by atoms with Crippen LogP contribution in [-0.2, 0) is 0 Å². The van der Waals surface area contributed by atoms with Crippen LogP contribution in [0.2, 0.25) is 0 Å². The van der Waals surface area contributed by atoms with E-state index in [-0.39, 0.29) is 0 Å². The molecular formula is C12H17N3S. The van der Waals surface area contributed by atoms with E-state index in [1.54, 1.807) is 12.4 Å². The van der Waals surface area contributed by atoms with Crippen molar-refractivity contribution >= 4 is 23.0 Å². The van der Waals surface area contributed by atoms with Crippen molar-refractivity contribution < 1.29 is 0 Å². The van der Waals surface area contributed by atoms with Crippen molar-refractivity contribution in [2.75, 3.05) is 5.32 Å². The van der Waals surface area contributed by atoms with Gasteiger partial charge in [-0.25, -0.2) is 0 Å². The van der Waals surface area contributed by atoms with Gasteiger partial charge in [0.05, 0.1) is 11.9 Å². The molecule has 16 heavy (non-hydrogen) atoms. The first-order valence-electron chi connectivity index (χ1n) is 5.74. The van der Waals surface area contributed by atoms with E-state index in [0.717, 1.165) is 11.3 Å². The Balaban J connectivity index is 1.89. The molecule has 1 aromatic rings. The summed E-state index contributed by atoms with van der Waals surface area (Å²) in [7, 11) is 0. The molecule has 86 valence electrons. The highest BCUT2D eigenvalue weighted by Gasteiger charge is 2.15. The first kappa shape index (κ1) is 11.3. The van der Waals surface area contributed by atoms with Crippen molar-refractivity contribution in [3.05, 3.63) is 24.0 Å². The highest BCUT2D eigenvalue weighted by atomic mass is 32.1.